The molecule has 0 fully saturated rings. The van der Waals surface area contributed by atoms with Crippen LogP contribution in [0.5, 0.6) is 0 Å². The van der Waals surface area contributed by atoms with Crippen LogP contribution in [0.3, 0.4) is 0 Å². The van der Waals surface area contributed by atoms with Crippen LogP contribution >= 0.6 is 12.4 Å². The summed E-state index contributed by atoms with van der Waals surface area (Å²) in [5.74, 6) is 0.148. The second-order valence-corrected chi connectivity index (χ2v) is 7.00. The van der Waals surface area contributed by atoms with E-state index >= 15 is 0 Å². The van der Waals surface area contributed by atoms with Gasteiger partial charge in [-0.1, -0.05) is 44.2 Å². The summed E-state index contributed by atoms with van der Waals surface area (Å²) in [4.78, 5) is 19.5. The van der Waals surface area contributed by atoms with Gasteiger partial charge in [-0.15, -0.1) is 12.4 Å². The molecule has 1 aliphatic rings. The highest BCUT2D eigenvalue weighted by Gasteiger charge is 2.37. The molecule has 1 unspecified atom stereocenters. The summed E-state index contributed by atoms with van der Waals surface area (Å²) in [6.07, 6.45) is 0. The molecule has 0 radical (unpaired) electrons. The lowest BCUT2D eigenvalue weighted by atomic mass is 9.97. The minimum absolute atomic E-state index is 0. The maximum absolute atomic E-state index is 13.0. The Kier molecular flexibility index (Phi) is 8.95. The zero-order valence-corrected chi connectivity index (χ0v) is 18.0. The maximum Gasteiger partial charge on any atom is 0.255 e. The fourth-order valence-corrected chi connectivity index (χ4v) is 3.70. The van der Waals surface area contributed by atoms with E-state index in [0.717, 1.165) is 37.3 Å². The van der Waals surface area contributed by atoms with Gasteiger partial charge in [-0.05, 0) is 42.4 Å². The van der Waals surface area contributed by atoms with Gasteiger partial charge >= 0.3 is 0 Å². The van der Waals surface area contributed by atoms with Gasteiger partial charge in [-0.25, -0.2) is 0 Å². The van der Waals surface area contributed by atoms with E-state index in [-0.39, 0.29) is 29.8 Å². The average Bonchev–Trinajstić information content (AvgIpc) is 2.95. The Morgan fingerprint density at radius 1 is 0.964 bits per heavy atom. The Balaban J connectivity index is 0.00000196. The standard InChI is InChI=1S/C22H29N3O.ClH.H2O/c1-5-24(6-2)15-16-25-21(17-11-13-18(14-12-17)23(3)4)19-9-7-8-10-20(19)22(25)26;;/h7-14,21H,5-6,15-16H2,1-4H3;1H;1H2. The molecule has 5 nitrogen and oxygen atoms in total. The first-order valence-electron chi connectivity index (χ1n) is 9.46. The van der Waals surface area contributed by atoms with E-state index in [0.29, 0.717) is 0 Å². The second kappa shape index (κ2) is 10.5. The van der Waals surface area contributed by atoms with Crippen molar-refractivity contribution in [1.29, 1.82) is 0 Å². The van der Waals surface area contributed by atoms with Gasteiger partial charge in [0.2, 0.25) is 0 Å². The SMILES string of the molecule is CCN(CC)CCN1C(=O)c2ccccc2C1c1ccc(N(C)C)cc1.Cl.O. The van der Waals surface area contributed by atoms with Gasteiger partial charge in [0.15, 0.2) is 0 Å². The lowest BCUT2D eigenvalue weighted by Gasteiger charge is -2.29. The quantitative estimate of drug-likeness (QED) is 0.710. The number of nitrogens with zero attached hydrogens (tertiary/aromatic N) is 3. The molecule has 154 valence electrons. The third-order valence-electron chi connectivity index (χ3n) is 5.34. The smallest absolute Gasteiger partial charge is 0.255 e. The maximum atomic E-state index is 13.0. The van der Waals surface area contributed by atoms with E-state index in [4.69, 9.17) is 0 Å². The van der Waals surface area contributed by atoms with Crippen LogP contribution < -0.4 is 4.90 Å². The average molecular weight is 406 g/mol. The van der Waals surface area contributed by atoms with Gasteiger partial charge in [-0.2, -0.15) is 0 Å². The molecule has 0 aromatic heterocycles. The molecule has 1 aliphatic heterocycles. The summed E-state index contributed by atoms with van der Waals surface area (Å²) in [7, 11) is 4.08. The molecule has 1 atom stereocenters. The molecule has 3 rings (SSSR count). The number of hydrogen-bond acceptors (Lipinski definition) is 3. The first-order valence-corrected chi connectivity index (χ1v) is 9.46. The molecular weight excluding hydrogens is 374 g/mol. The van der Waals surface area contributed by atoms with E-state index in [2.05, 4.69) is 54.0 Å². The summed E-state index contributed by atoms with van der Waals surface area (Å²) in [6, 6.07) is 16.6. The van der Waals surface area contributed by atoms with Gasteiger partial charge in [0.25, 0.3) is 5.91 Å². The van der Waals surface area contributed by atoms with Crippen molar-refractivity contribution in [2.45, 2.75) is 19.9 Å². The molecule has 2 N–H and O–H groups in total. The first-order chi connectivity index (χ1) is 12.6. The van der Waals surface area contributed by atoms with Crippen molar-refractivity contribution in [3.8, 4) is 0 Å². The Morgan fingerprint density at radius 3 is 2.14 bits per heavy atom. The number of anilines is 1. The van der Waals surface area contributed by atoms with E-state index in [1.54, 1.807) is 0 Å². The third-order valence-corrected chi connectivity index (χ3v) is 5.34. The molecule has 28 heavy (non-hydrogen) atoms. The third kappa shape index (κ3) is 4.66. The van der Waals surface area contributed by atoms with Crippen LogP contribution in [0.25, 0.3) is 0 Å². The summed E-state index contributed by atoms with van der Waals surface area (Å²) in [5.41, 5.74) is 4.30. The van der Waals surface area contributed by atoms with Crippen LogP contribution in [0.2, 0.25) is 0 Å². The van der Waals surface area contributed by atoms with E-state index in [1.165, 1.54) is 11.3 Å². The van der Waals surface area contributed by atoms with Gasteiger partial charge in [0.1, 0.15) is 0 Å². The number of carbonyl (C=O) groups is 1. The fraction of sp³-hybridized carbons (Fsp3) is 0.409. The fourth-order valence-electron chi connectivity index (χ4n) is 3.70. The van der Waals surface area contributed by atoms with Crippen LogP contribution in [0, 0.1) is 0 Å². The zero-order chi connectivity index (χ0) is 18.7. The van der Waals surface area contributed by atoms with Crippen LogP contribution in [0.4, 0.5) is 5.69 Å². The van der Waals surface area contributed by atoms with Crippen molar-refractivity contribution in [1.82, 2.24) is 9.80 Å². The number of hydrogen-bond donors (Lipinski definition) is 0. The van der Waals surface area contributed by atoms with E-state index < -0.39 is 0 Å². The molecule has 0 saturated heterocycles. The normalized spacial score (nSPS) is 15.1. The summed E-state index contributed by atoms with van der Waals surface area (Å²) in [6.45, 7) is 8.00. The van der Waals surface area contributed by atoms with Crippen molar-refractivity contribution in [2.75, 3.05) is 45.2 Å². The van der Waals surface area contributed by atoms with Gasteiger partial charge in [0.05, 0.1) is 6.04 Å². The molecule has 6 heteroatoms. The molecule has 0 saturated carbocycles. The van der Waals surface area contributed by atoms with Crippen LogP contribution in [-0.2, 0) is 0 Å². The predicted octanol–water partition coefficient (Wildman–Crippen LogP) is 3.24. The number of fused-ring (bicyclic) bond motifs is 1. The number of likely N-dealkylation sites (N-methyl/N-ethyl adjacent to an activating group) is 1. The summed E-state index contributed by atoms with van der Waals surface area (Å²) in [5, 5.41) is 0. The second-order valence-electron chi connectivity index (χ2n) is 7.00. The van der Waals surface area contributed by atoms with Gasteiger partial charge < -0.3 is 20.2 Å². The lowest BCUT2D eigenvalue weighted by molar-refractivity contribution is 0.0729. The minimum Gasteiger partial charge on any atom is -0.412 e. The highest BCUT2D eigenvalue weighted by Crippen LogP contribution is 2.38. The van der Waals surface area contributed by atoms with Crippen molar-refractivity contribution in [2.24, 2.45) is 0 Å². The van der Waals surface area contributed by atoms with Gasteiger partial charge in [-0.3, -0.25) is 4.79 Å². The highest BCUT2D eigenvalue weighted by atomic mass is 35.5. The molecule has 1 amide bonds. The first kappa shape index (κ1) is 24.0. The number of benzene rings is 2. The summed E-state index contributed by atoms with van der Waals surface area (Å²) < 4.78 is 0. The molecular formula is C22H32ClN3O2. The monoisotopic (exact) mass is 405 g/mol. The lowest BCUT2D eigenvalue weighted by Crippen LogP contribution is -2.37. The van der Waals surface area contributed by atoms with E-state index in [1.807, 2.05) is 37.2 Å². The van der Waals surface area contributed by atoms with Crippen LogP contribution in [0.15, 0.2) is 48.5 Å². The van der Waals surface area contributed by atoms with Gasteiger partial charge in [0, 0.05) is 38.4 Å². The van der Waals surface area contributed by atoms with Crippen LogP contribution in [0.1, 0.15) is 41.4 Å². The Morgan fingerprint density at radius 2 is 1.57 bits per heavy atom. The number of halogens is 1. The molecule has 1 heterocycles. The largest absolute Gasteiger partial charge is 0.412 e. The topological polar surface area (TPSA) is 58.3 Å². The van der Waals surface area contributed by atoms with Crippen molar-refractivity contribution in [3.63, 3.8) is 0 Å². The highest BCUT2D eigenvalue weighted by molar-refractivity contribution is 5.99. The molecule has 0 spiro atoms. The van der Waals surface area contributed by atoms with E-state index in [9.17, 15) is 4.79 Å². The molecule has 0 aliphatic carbocycles. The Bertz CT molecular complexity index is 761. The molecule has 2 aromatic rings. The van der Waals surface area contributed by atoms with Crippen molar-refractivity contribution < 1.29 is 10.3 Å². The zero-order valence-electron chi connectivity index (χ0n) is 17.2. The Labute approximate surface area is 174 Å². The number of rotatable bonds is 7. The molecule has 0 bridgehead atoms. The van der Waals surface area contributed by atoms with Crippen molar-refractivity contribution >= 4 is 24.0 Å². The number of carbonyl (C=O) groups excluding carboxylic acids is 1. The van der Waals surface area contributed by atoms with Crippen molar-refractivity contribution in [3.05, 3.63) is 65.2 Å². The Hall–Kier alpha value is -2.08. The summed E-state index contributed by atoms with van der Waals surface area (Å²) >= 11 is 0. The predicted molar refractivity (Wildman–Crippen MR) is 119 cm³/mol. The number of amides is 1. The molecule has 2 aromatic carbocycles. The minimum atomic E-state index is 0. The van der Waals surface area contributed by atoms with Crippen LogP contribution in [-0.4, -0.2) is 61.5 Å².